The summed E-state index contributed by atoms with van der Waals surface area (Å²) in [6, 6.07) is 17.7. The Morgan fingerprint density at radius 1 is 1.08 bits per heavy atom. The number of nitrogens with zero attached hydrogens (tertiary/aromatic N) is 3. The molecule has 39 heavy (non-hydrogen) atoms. The van der Waals surface area contributed by atoms with Crippen molar-refractivity contribution in [3.8, 4) is 0 Å². The molecule has 1 aromatic heterocycles. The number of nitrogens with one attached hydrogen (secondary N) is 1. The first-order valence-electron chi connectivity index (χ1n) is 12.7. The van der Waals surface area contributed by atoms with Crippen molar-refractivity contribution >= 4 is 22.6 Å². The van der Waals surface area contributed by atoms with Crippen LogP contribution in [0, 0.1) is 0 Å². The van der Waals surface area contributed by atoms with Crippen LogP contribution in [0.3, 0.4) is 0 Å². The van der Waals surface area contributed by atoms with Crippen LogP contribution in [-0.4, -0.2) is 33.7 Å². The second kappa shape index (κ2) is 10.4. The lowest BCUT2D eigenvalue weighted by atomic mass is 10.0. The van der Waals surface area contributed by atoms with E-state index in [-0.39, 0.29) is 25.0 Å². The highest BCUT2D eigenvalue weighted by atomic mass is 19.4. The predicted octanol–water partition coefficient (Wildman–Crippen LogP) is 5.24. The van der Waals surface area contributed by atoms with Gasteiger partial charge in [-0.15, -0.1) is 4.73 Å². The molecule has 0 fully saturated rings. The van der Waals surface area contributed by atoms with Crippen LogP contribution in [0.1, 0.15) is 52.6 Å². The van der Waals surface area contributed by atoms with E-state index in [0.29, 0.717) is 35.3 Å². The van der Waals surface area contributed by atoms with Gasteiger partial charge in [0.05, 0.1) is 29.4 Å². The maximum atomic E-state index is 13.5. The Morgan fingerprint density at radius 2 is 1.79 bits per heavy atom. The summed E-state index contributed by atoms with van der Waals surface area (Å²) in [7, 11) is 0. The third-order valence-corrected chi connectivity index (χ3v) is 6.82. The molecule has 7 nitrogen and oxygen atoms in total. The summed E-state index contributed by atoms with van der Waals surface area (Å²) in [5.41, 5.74) is 0.889. The number of hydrogen-bond acceptors (Lipinski definition) is 5. The van der Waals surface area contributed by atoms with E-state index in [9.17, 15) is 22.8 Å². The molecule has 1 amide bonds. The molecule has 202 valence electrons. The van der Waals surface area contributed by atoms with Crippen molar-refractivity contribution in [1.29, 1.82) is 0 Å². The number of benzene rings is 3. The van der Waals surface area contributed by atoms with E-state index >= 15 is 0 Å². The molecule has 4 aromatic rings. The molecule has 10 heteroatoms. The second-order valence-electron chi connectivity index (χ2n) is 9.40. The zero-order valence-corrected chi connectivity index (χ0v) is 21.5. The smallest absolute Gasteiger partial charge is 0.408 e. The molecule has 3 aromatic carbocycles. The summed E-state index contributed by atoms with van der Waals surface area (Å²) in [4.78, 5) is 38.6. The lowest BCUT2D eigenvalue weighted by molar-refractivity contribution is -0.137. The zero-order chi connectivity index (χ0) is 27.7. The van der Waals surface area contributed by atoms with Crippen molar-refractivity contribution in [2.24, 2.45) is 0 Å². The molecule has 1 atom stereocenters. The summed E-state index contributed by atoms with van der Waals surface area (Å²) in [6.07, 6.45) is -4.05. The first-order chi connectivity index (χ1) is 18.7. The number of amides is 1. The number of rotatable bonds is 6. The van der Waals surface area contributed by atoms with E-state index in [1.807, 2.05) is 36.4 Å². The van der Waals surface area contributed by atoms with Gasteiger partial charge in [-0.05, 0) is 54.4 Å². The maximum Gasteiger partial charge on any atom is 0.416 e. The molecule has 0 aliphatic carbocycles. The van der Waals surface area contributed by atoms with Gasteiger partial charge in [-0.2, -0.15) is 13.2 Å². The predicted molar refractivity (Wildman–Crippen MR) is 141 cm³/mol. The summed E-state index contributed by atoms with van der Waals surface area (Å²) in [5.74, 6) is -0.0193. The van der Waals surface area contributed by atoms with Crippen LogP contribution in [0.2, 0.25) is 0 Å². The van der Waals surface area contributed by atoms with Gasteiger partial charge in [0.25, 0.3) is 11.5 Å². The molecule has 0 saturated heterocycles. The number of carbonyl (C=O) groups is 1. The largest absolute Gasteiger partial charge is 0.416 e. The number of hydrogen-bond donors (Lipinski definition) is 1. The molecule has 0 bridgehead atoms. The fourth-order valence-corrected chi connectivity index (χ4v) is 4.72. The van der Waals surface area contributed by atoms with Crippen molar-refractivity contribution in [1.82, 2.24) is 14.6 Å². The molecule has 2 heterocycles. The molecule has 0 unspecified atom stereocenters. The SMILES string of the molecule is CCOn1c(N[C@H](C)c2ccc(C(F)(F)F)cc2)nc2c(c1=O)CN(C(=O)c1ccc3ccccc3c1)CC2. The molecule has 1 aliphatic heterocycles. The van der Waals surface area contributed by atoms with Gasteiger partial charge in [-0.3, -0.25) is 9.59 Å². The molecule has 1 N–H and O–H groups in total. The van der Waals surface area contributed by atoms with Crippen LogP contribution in [0.4, 0.5) is 19.1 Å². The van der Waals surface area contributed by atoms with Crippen molar-refractivity contribution in [2.75, 3.05) is 18.5 Å². The van der Waals surface area contributed by atoms with E-state index in [2.05, 4.69) is 10.3 Å². The maximum absolute atomic E-state index is 13.5. The third kappa shape index (κ3) is 5.32. The average Bonchev–Trinajstić information content (AvgIpc) is 2.94. The average molecular weight is 537 g/mol. The van der Waals surface area contributed by atoms with Gasteiger partial charge in [0.15, 0.2) is 0 Å². The highest BCUT2D eigenvalue weighted by molar-refractivity contribution is 5.98. The first-order valence-corrected chi connectivity index (χ1v) is 12.7. The van der Waals surface area contributed by atoms with Crippen LogP contribution in [0.5, 0.6) is 0 Å². The van der Waals surface area contributed by atoms with Crippen molar-refractivity contribution in [3.63, 3.8) is 0 Å². The van der Waals surface area contributed by atoms with E-state index in [1.54, 1.807) is 24.8 Å². The lowest BCUT2D eigenvalue weighted by Crippen LogP contribution is -2.43. The topological polar surface area (TPSA) is 76.5 Å². The molecular weight excluding hydrogens is 509 g/mol. The fraction of sp³-hybridized carbons (Fsp3) is 0.276. The standard InChI is InChI=1S/C29H27F3N4O3/c1-3-39-36-27(38)24-17-35(26(37)22-9-8-20-6-4-5-7-21(20)16-22)15-14-25(24)34-28(36)33-18(2)19-10-12-23(13-11-19)29(30,31)32/h4-13,16,18H,3,14-15,17H2,1-2H3,(H,33,34)/t18-/m1/s1. The van der Waals surface area contributed by atoms with Crippen molar-refractivity contribution < 1.29 is 22.8 Å². The fourth-order valence-electron chi connectivity index (χ4n) is 4.72. The minimum atomic E-state index is -4.42. The normalized spacial score (nSPS) is 14.1. The van der Waals surface area contributed by atoms with E-state index in [1.165, 1.54) is 12.1 Å². The van der Waals surface area contributed by atoms with Crippen LogP contribution in [0.15, 0.2) is 71.5 Å². The van der Waals surface area contributed by atoms with Crippen molar-refractivity contribution in [2.45, 2.75) is 39.0 Å². The molecule has 1 aliphatic rings. The summed E-state index contributed by atoms with van der Waals surface area (Å²) < 4.78 is 39.9. The Kier molecular flexibility index (Phi) is 7.03. The van der Waals surface area contributed by atoms with E-state index in [0.717, 1.165) is 27.6 Å². The van der Waals surface area contributed by atoms with Crippen LogP contribution in [-0.2, 0) is 19.1 Å². The van der Waals surface area contributed by atoms with Gasteiger partial charge in [0.2, 0.25) is 5.95 Å². The Bertz CT molecular complexity index is 1580. The molecule has 0 saturated carbocycles. The molecule has 0 radical (unpaired) electrons. The Morgan fingerprint density at radius 3 is 2.49 bits per heavy atom. The minimum Gasteiger partial charge on any atom is -0.408 e. The first kappa shape index (κ1) is 26.3. The second-order valence-corrected chi connectivity index (χ2v) is 9.40. The highest BCUT2D eigenvalue weighted by Gasteiger charge is 2.31. The minimum absolute atomic E-state index is 0.0919. The zero-order valence-electron chi connectivity index (χ0n) is 21.5. The number of anilines is 1. The number of aromatic nitrogens is 2. The van der Waals surface area contributed by atoms with Crippen molar-refractivity contribution in [3.05, 3.63) is 105 Å². The van der Waals surface area contributed by atoms with Gasteiger partial charge in [0.1, 0.15) is 6.61 Å². The van der Waals surface area contributed by atoms with E-state index < -0.39 is 23.3 Å². The van der Waals surface area contributed by atoms with Gasteiger partial charge in [-0.1, -0.05) is 42.5 Å². The number of halogens is 3. The van der Waals surface area contributed by atoms with Gasteiger partial charge >= 0.3 is 6.18 Å². The monoisotopic (exact) mass is 536 g/mol. The lowest BCUT2D eigenvalue weighted by Gasteiger charge is -2.29. The van der Waals surface area contributed by atoms with Gasteiger partial charge in [-0.25, -0.2) is 4.98 Å². The number of alkyl halides is 3. The van der Waals surface area contributed by atoms with Crippen LogP contribution < -0.4 is 15.7 Å². The summed E-state index contributed by atoms with van der Waals surface area (Å²) in [5, 5.41) is 5.09. The number of fused-ring (bicyclic) bond motifs is 2. The third-order valence-electron chi connectivity index (χ3n) is 6.82. The quantitative estimate of drug-likeness (QED) is 0.365. The van der Waals surface area contributed by atoms with Gasteiger partial charge in [0, 0.05) is 18.5 Å². The molecule has 0 spiro atoms. The van der Waals surface area contributed by atoms with Crippen LogP contribution in [0.25, 0.3) is 10.8 Å². The van der Waals surface area contributed by atoms with Crippen LogP contribution >= 0.6 is 0 Å². The summed E-state index contributed by atoms with van der Waals surface area (Å²) in [6.45, 7) is 4.15. The Labute approximate surface area is 222 Å². The summed E-state index contributed by atoms with van der Waals surface area (Å²) >= 11 is 0. The highest BCUT2D eigenvalue weighted by Crippen LogP contribution is 2.30. The Balaban J connectivity index is 1.40. The van der Waals surface area contributed by atoms with Gasteiger partial charge < -0.3 is 15.1 Å². The Hall–Kier alpha value is -4.34. The van der Waals surface area contributed by atoms with E-state index in [4.69, 9.17) is 4.84 Å². The molecular formula is C29H27F3N4O3. The number of carbonyl (C=O) groups excluding carboxylic acids is 1. The molecule has 5 rings (SSSR count).